The number of nitrogens with zero attached hydrogens (tertiary/aromatic N) is 2. The van der Waals surface area contributed by atoms with Gasteiger partial charge in [0.15, 0.2) is 0 Å². The first-order valence-corrected chi connectivity index (χ1v) is 6.05. The van der Waals surface area contributed by atoms with Gasteiger partial charge in [0, 0.05) is 24.6 Å². The van der Waals surface area contributed by atoms with E-state index in [0.29, 0.717) is 12.1 Å². The summed E-state index contributed by atoms with van der Waals surface area (Å²) in [5, 5.41) is 3.03. The van der Waals surface area contributed by atoms with Crippen molar-refractivity contribution >= 4 is 23.3 Å². The number of pyridine rings is 2. The molecule has 98 valence electrons. The summed E-state index contributed by atoms with van der Waals surface area (Å²) < 4.78 is 0. The number of aryl methyl sites for hydroxylation is 1. The molecule has 0 aliphatic rings. The largest absolute Gasteiger partial charge is 0.384 e. The molecule has 2 rings (SSSR count). The fourth-order valence-corrected chi connectivity index (χ4v) is 1.70. The van der Waals surface area contributed by atoms with Gasteiger partial charge in [-0.1, -0.05) is 17.7 Å². The van der Waals surface area contributed by atoms with Gasteiger partial charge in [-0.25, -0.2) is 4.98 Å². The minimum atomic E-state index is -0.292. The van der Waals surface area contributed by atoms with E-state index in [4.69, 9.17) is 17.3 Å². The lowest BCUT2D eigenvalue weighted by molar-refractivity contribution is 0.0951. The average molecular weight is 277 g/mol. The number of amides is 1. The van der Waals surface area contributed by atoms with Gasteiger partial charge < -0.3 is 11.1 Å². The number of nitrogen functional groups attached to an aromatic ring is 1. The molecule has 2 aromatic rings. The smallest absolute Gasteiger partial charge is 0.253 e. The van der Waals surface area contributed by atoms with E-state index in [2.05, 4.69) is 15.3 Å². The highest BCUT2D eigenvalue weighted by atomic mass is 35.5. The summed E-state index contributed by atoms with van der Waals surface area (Å²) in [6.07, 6.45) is 3.08. The molecule has 5 nitrogen and oxygen atoms in total. The number of carbonyl (C=O) groups excluding carboxylic acids is 1. The Labute approximate surface area is 115 Å². The molecular weight excluding hydrogens is 264 g/mol. The second kappa shape index (κ2) is 5.67. The summed E-state index contributed by atoms with van der Waals surface area (Å²) in [6.45, 7) is 2.28. The molecule has 0 atom stereocenters. The number of rotatable bonds is 3. The highest BCUT2D eigenvalue weighted by Gasteiger charge is 2.11. The van der Waals surface area contributed by atoms with E-state index in [1.54, 1.807) is 6.20 Å². The maximum absolute atomic E-state index is 12.0. The van der Waals surface area contributed by atoms with E-state index in [9.17, 15) is 4.79 Å². The van der Waals surface area contributed by atoms with E-state index in [0.717, 1.165) is 11.3 Å². The maximum atomic E-state index is 12.0. The van der Waals surface area contributed by atoms with Gasteiger partial charge in [-0.05, 0) is 24.6 Å². The molecule has 0 radical (unpaired) electrons. The highest BCUT2D eigenvalue weighted by Crippen LogP contribution is 2.16. The molecule has 19 heavy (non-hydrogen) atoms. The molecule has 6 heteroatoms. The van der Waals surface area contributed by atoms with Crippen LogP contribution in [0.2, 0.25) is 5.02 Å². The Hall–Kier alpha value is -2.14. The fraction of sp³-hybridized carbons (Fsp3) is 0.154. The number of hydrogen-bond acceptors (Lipinski definition) is 4. The molecule has 0 aliphatic carbocycles. The summed E-state index contributed by atoms with van der Waals surface area (Å²) in [5.41, 5.74) is 7.69. The SMILES string of the molecule is Cc1ccc(CNC(=O)c2cc(N)ncc2Cl)cn1. The average Bonchev–Trinajstić information content (AvgIpc) is 2.40. The van der Waals surface area contributed by atoms with Crippen LogP contribution in [0.15, 0.2) is 30.6 Å². The number of carbonyl (C=O) groups is 1. The van der Waals surface area contributed by atoms with Crippen LogP contribution < -0.4 is 11.1 Å². The van der Waals surface area contributed by atoms with Crippen LogP contribution in [0.4, 0.5) is 5.82 Å². The van der Waals surface area contributed by atoms with Crippen LogP contribution in [0.5, 0.6) is 0 Å². The summed E-state index contributed by atoms with van der Waals surface area (Å²) in [6, 6.07) is 5.25. The van der Waals surface area contributed by atoms with Crippen molar-refractivity contribution in [3.63, 3.8) is 0 Å². The van der Waals surface area contributed by atoms with E-state index in [1.807, 2.05) is 19.1 Å². The van der Waals surface area contributed by atoms with Gasteiger partial charge in [0.25, 0.3) is 5.91 Å². The van der Waals surface area contributed by atoms with Crippen molar-refractivity contribution in [3.05, 3.63) is 52.4 Å². The van der Waals surface area contributed by atoms with E-state index in [1.165, 1.54) is 12.3 Å². The normalized spacial score (nSPS) is 10.2. The number of hydrogen-bond donors (Lipinski definition) is 2. The van der Waals surface area contributed by atoms with Crippen molar-refractivity contribution in [1.82, 2.24) is 15.3 Å². The molecule has 0 bridgehead atoms. The van der Waals surface area contributed by atoms with Gasteiger partial charge in [-0.2, -0.15) is 0 Å². The molecule has 1 amide bonds. The second-order valence-electron chi connectivity index (χ2n) is 4.08. The molecule has 3 N–H and O–H groups in total. The molecule has 0 aliphatic heterocycles. The minimum absolute atomic E-state index is 0.256. The Morgan fingerprint density at radius 2 is 2.16 bits per heavy atom. The standard InChI is InChI=1S/C13H13ClN4O/c1-8-2-3-9(5-16-8)6-18-13(19)10-4-12(15)17-7-11(10)14/h2-5,7H,6H2,1H3,(H2,15,17)(H,18,19). The highest BCUT2D eigenvalue weighted by molar-refractivity contribution is 6.33. The Balaban J connectivity index is 2.05. The van der Waals surface area contributed by atoms with Gasteiger partial charge in [-0.3, -0.25) is 9.78 Å². The Kier molecular flexibility index (Phi) is 3.97. The van der Waals surface area contributed by atoms with Crippen LogP contribution in [-0.4, -0.2) is 15.9 Å². The Bertz CT molecular complexity index is 598. The Morgan fingerprint density at radius 3 is 2.84 bits per heavy atom. The van der Waals surface area contributed by atoms with Crippen LogP contribution in [0, 0.1) is 6.92 Å². The molecule has 0 unspecified atom stereocenters. The first-order chi connectivity index (χ1) is 9.06. The Morgan fingerprint density at radius 1 is 1.37 bits per heavy atom. The third kappa shape index (κ3) is 3.42. The van der Waals surface area contributed by atoms with Crippen molar-refractivity contribution in [2.45, 2.75) is 13.5 Å². The lowest BCUT2D eigenvalue weighted by Crippen LogP contribution is -2.23. The fourth-order valence-electron chi connectivity index (χ4n) is 1.51. The number of nitrogens with one attached hydrogen (secondary N) is 1. The number of halogens is 1. The monoisotopic (exact) mass is 276 g/mol. The molecule has 2 aromatic heterocycles. The first kappa shape index (κ1) is 13.3. The zero-order valence-corrected chi connectivity index (χ0v) is 11.1. The maximum Gasteiger partial charge on any atom is 0.253 e. The van der Waals surface area contributed by atoms with Gasteiger partial charge in [0.1, 0.15) is 5.82 Å². The molecule has 0 aromatic carbocycles. The molecule has 0 fully saturated rings. The zero-order chi connectivity index (χ0) is 13.8. The number of aromatic nitrogens is 2. The van der Waals surface area contributed by atoms with Crippen LogP contribution in [-0.2, 0) is 6.54 Å². The van der Waals surface area contributed by atoms with Gasteiger partial charge in [0.2, 0.25) is 0 Å². The quantitative estimate of drug-likeness (QED) is 0.898. The van der Waals surface area contributed by atoms with E-state index in [-0.39, 0.29) is 16.7 Å². The minimum Gasteiger partial charge on any atom is -0.384 e. The first-order valence-electron chi connectivity index (χ1n) is 5.67. The third-order valence-corrected chi connectivity index (χ3v) is 2.85. The van der Waals surface area contributed by atoms with E-state index >= 15 is 0 Å². The predicted molar refractivity (Wildman–Crippen MR) is 73.8 cm³/mol. The zero-order valence-electron chi connectivity index (χ0n) is 10.4. The molecular formula is C13H13ClN4O. The van der Waals surface area contributed by atoms with Gasteiger partial charge in [0.05, 0.1) is 10.6 Å². The van der Waals surface area contributed by atoms with Crippen molar-refractivity contribution in [1.29, 1.82) is 0 Å². The predicted octanol–water partition coefficient (Wildman–Crippen LogP) is 1.95. The third-order valence-electron chi connectivity index (χ3n) is 2.55. The van der Waals surface area contributed by atoms with Crippen molar-refractivity contribution in [3.8, 4) is 0 Å². The molecule has 2 heterocycles. The summed E-state index contributed by atoms with van der Waals surface area (Å²) >= 11 is 5.90. The van der Waals surface area contributed by atoms with Crippen molar-refractivity contribution in [2.75, 3.05) is 5.73 Å². The van der Waals surface area contributed by atoms with Crippen LogP contribution in [0.1, 0.15) is 21.6 Å². The van der Waals surface area contributed by atoms with Crippen LogP contribution >= 0.6 is 11.6 Å². The molecule has 0 saturated heterocycles. The van der Waals surface area contributed by atoms with Crippen LogP contribution in [0.3, 0.4) is 0 Å². The van der Waals surface area contributed by atoms with Gasteiger partial charge in [-0.15, -0.1) is 0 Å². The lowest BCUT2D eigenvalue weighted by Gasteiger charge is -2.07. The van der Waals surface area contributed by atoms with Crippen molar-refractivity contribution in [2.24, 2.45) is 0 Å². The topological polar surface area (TPSA) is 80.9 Å². The van der Waals surface area contributed by atoms with Crippen molar-refractivity contribution < 1.29 is 4.79 Å². The molecule has 0 spiro atoms. The van der Waals surface area contributed by atoms with E-state index < -0.39 is 0 Å². The number of anilines is 1. The van der Waals surface area contributed by atoms with Gasteiger partial charge >= 0.3 is 0 Å². The summed E-state index contributed by atoms with van der Waals surface area (Å²) in [4.78, 5) is 19.9. The number of nitrogens with two attached hydrogens (primary N) is 1. The lowest BCUT2D eigenvalue weighted by atomic mass is 10.2. The van der Waals surface area contributed by atoms with Crippen LogP contribution in [0.25, 0.3) is 0 Å². The summed E-state index contributed by atoms with van der Waals surface area (Å²) in [7, 11) is 0. The second-order valence-corrected chi connectivity index (χ2v) is 4.49. The summed E-state index contributed by atoms with van der Waals surface area (Å²) in [5.74, 6) is -0.0359. The molecule has 0 saturated carbocycles.